The molecule has 0 spiro atoms. The monoisotopic (exact) mass is 376 g/mol. The number of hydrogen-bond donors (Lipinski definition) is 1. The first-order valence-electron chi connectivity index (χ1n) is 7.75. The van der Waals surface area contributed by atoms with Crippen LogP contribution in [0.2, 0.25) is 5.02 Å². The first-order valence-corrected chi connectivity index (χ1v) is 8.54. The minimum Gasteiger partial charge on any atom is -0.484 e. The summed E-state index contributed by atoms with van der Waals surface area (Å²) < 4.78 is 13.5. The van der Waals surface area contributed by atoms with Gasteiger partial charge in [-0.3, -0.25) is 5.10 Å². The summed E-state index contributed by atoms with van der Waals surface area (Å²) in [6.45, 7) is 4.21. The second kappa shape index (κ2) is 7.67. The molecule has 0 saturated carbocycles. The second-order valence-corrected chi connectivity index (χ2v) is 6.13. The molecule has 2 heterocycles. The smallest absolute Gasteiger partial charge is 0.216 e. The summed E-state index contributed by atoms with van der Waals surface area (Å²) in [6.07, 6.45) is 2.31. The van der Waals surface area contributed by atoms with E-state index in [1.165, 1.54) is 0 Å². The summed E-state index contributed by atoms with van der Waals surface area (Å²) in [4.78, 5) is 0. The summed E-state index contributed by atoms with van der Waals surface area (Å²) in [5.74, 6) is 2.69. The lowest BCUT2D eigenvalue weighted by atomic mass is 10.2. The Bertz CT molecular complexity index is 937. The third-order valence-electron chi connectivity index (χ3n) is 3.54. The van der Waals surface area contributed by atoms with Gasteiger partial charge in [0, 0.05) is 6.42 Å². The number of halogens is 1. The summed E-state index contributed by atoms with van der Waals surface area (Å²) in [5.41, 5.74) is 0.974. The van der Waals surface area contributed by atoms with Gasteiger partial charge < -0.3 is 9.15 Å². The Morgan fingerprint density at radius 3 is 3.00 bits per heavy atom. The number of aryl methyl sites for hydroxylation is 2. The van der Waals surface area contributed by atoms with Crippen LogP contribution in [0, 0.1) is 11.7 Å². The minimum atomic E-state index is 0.282. The fraction of sp³-hybridized carbons (Fsp3) is 0.235. The van der Waals surface area contributed by atoms with Crippen LogP contribution in [0.3, 0.4) is 0 Å². The van der Waals surface area contributed by atoms with Crippen molar-refractivity contribution in [1.82, 2.24) is 14.9 Å². The number of rotatable bonds is 6. The second-order valence-electron chi connectivity index (χ2n) is 5.33. The van der Waals surface area contributed by atoms with Crippen LogP contribution in [0.5, 0.6) is 5.75 Å². The fourth-order valence-corrected chi connectivity index (χ4v) is 2.75. The van der Waals surface area contributed by atoms with Gasteiger partial charge in [-0.2, -0.15) is 14.9 Å². The Balaban J connectivity index is 1.69. The summed E-state index contributed by atoms with van der Waals surface area (Å²) >= 11 is 11.3. The van der Waals surface area contributed by atoms with Crippen LogP contribution < -0.4 is 4.74 Å². The van der Waals surface area contributed by atoms with Gasteiger partial charge in [0.15, 0.2) is 5.82 Å². The highest BCUT2D eigenvalue weighted by atomic mass is 35.5. The van der Waals surface area contributed by atoms with Gasteiger partial charge in [0.25, 0.3) is 0 Å². The molecule has 3 rings (SSSR count). The maximum atomic E-state index is 6.15. The standard InChI is InChI=1S/C17H17ClN4O2S/c1-3-15-20-21-17(25)22(15)19-9-12-7-8-13(24-12)10-23-16-11(2)5-4-6-14(16)18/h4-9H,3,10H2,1-2H3,(H,21,25)/b19-9-. The number of aromatic nitrogens is 3. The van der Waals surface area contributed by atoms with E-state index in [1.807, 2.05) is 38.1 Å². The molecular weight excluding hydrogens is 360 g/mol. The van der Waals surface area contributed by atoms with Crippen LogP contribution in [-0.4, -0.2) is 21.1 Å². The molecule has 1 N–H and O–H groups in total. The number of nitrogens with zero attached hydrogens (tertiary/aromatic N) is 3. The van der Waals surface area contributed by atoms with Gasteiger partial charge in [0.05, 0.1) is 11.2 Å². The molecule has 0 bridgehead atoms. The van der Waals surface area contributed by atoms with Gasteiger partial charge in [-0.1, -0.05) is 30.7 Å². The zero-order valence-electron chi connectivity index (χ0n) is 13.8. The molecule has 2 aromatic heterocycles. The van der Waals surface area contributed by atoms with E-state index in [1.54, 1.807) is 17.0 Å². The molecule has 0 fully saturated rings. The largest absolute Gasteiger partial charge is 0.484 e. The SMILES string of the molecule is CCc1n[nH]c(=S)n1/N=C\c1ccc(COc2c(C)cccc2Cl)o1. The maximum absolute atomic E-state index is 6.15. The maximum Gasteiger partial charge on any atom is 0.216 e. The molecule has 0 aliphatic heterocycles. The highest BCUT2D eigenvalue weighted by Crippen LogP contribution is 2.28. The third-order valence-corrected chi connectivity index (χ3v) is 4.10. The number of ether oxygens (including phenoxy) is 1. The average molecular weight is 377 g/mol. The average Bonchev–Trinajstić information content (AvgIpc) is 3.19. The highest BCUT2D eigenvalue weighted by molar-refractivity contribution is 7.71. The highest BCUT2D eigenvalue weighted by Gasteiger charge is 2.08. The quantitative estimate of drug-likeness (QED) is 0.507. The molecule has 1 aromatic carbocycles. The van der Waals surface area contributed by atoms with Crippen LogP contribution >= 0.6 is 23.8 Å². The van der Waals surface area contributed by atoms with Crippen LogP contribution in [0.15, 0.2) is 39.9 Å². The molecule has 25 heavy (non-hydrogen) atoms. The molecule has 0 aliphatic carbocycles. The van der Waals surface area contributed by atoms with Crippen molar-refractivity contribution < 1.29 is 9.15 Å². The molecule has 130 valence electrons. The number of nitrogens with one attached hydrogen (secondary N) is 1. The summed E-state index contributed by atoms with van der Waals surface area (Å²) in [6, 6.07) is 9.28. The van der Waals surface area contributed by atoms with E-state index in [4.69, 9.17) is 33.0 Å². The molecule has 0 radical (unpaired) electrons. The zero-order chi connectivity index (χ0) is 17.8. The molecule has 6 nitrogen and oxygen atoms in total. The first-order chi connectivity index (χ1) is 12.1. The number of benzene rings is 1. The Kier molecular flexibility index (Phi) is 5.35. The van der Waals surface area contributed by atoms with E-state index in [9.17, 15) is 0 Å². The van der Waals surface area contributed by atoms with Crippen molar-refractivity contribution in [2.45, 2.75) is 26.9 Å². The number of furan rings is 1. The molecule has 0 saturated heterocycles. The Hall–Kier alpha value is -2.38. The lowest BCUT2D eigenvalue weighted by Crippen LogP contribution is -1.97. The summed E-state index contributed by atoms with van der Waals surface area (Å²) in [7, 11) is 0. The third kappa shape index (κ3) is 4.00. The lowest BCUT2D eigenvalue weighted by Gasteiger charge is -2.09. The molecule has 0 atom stereocenters. The number of H-pyrrole nitrogens is 1. The van der Waals surface area contributed by atoms with Gasteiger partial charge in [0.1, 0.15) is 23.9 Å². The van der Waals surface area contributed by atoms with Gasteiger partial charge in [-0.15, -0.1) is 0 Å². The van der Waals surface area contributed by atoms with E-state index in [2.05, 4.69) is 15.3 Å². The van der Waals surface area contributed by atoms with E-state index in [-0.39, 0.29) is 6.61 Å². The van der Waals surface area contributed by atoms with Crippen LogP contribution in [0.4, 0.5) is 0 Å². The van der Waals surface area contributed by atoms with Crippen molar-refractivity contribution in [3.05, 3.63) is 63.0 Å². The predicted molar refractivity (Wildman–Crippen MR) is 99.0 cm³/mol. The van der Waals surface area contributed by atoms with Gasteiger partial charge in [0.2, 0.25) is 4.77 Å². The van der Waals surface area contributed by atoms with Gasteiger partial charge in [-0.05, 0) is 42.9 Å². The van der Waals surface area contributed by atoms with Crippen LogP contribution in [0.1, 0.15) is 29.8 Å². The van der Waals surface area contributed by atoms with Crippen molar-refractivity contribution >= 4 is 30.0 Å². The Morgan fingerprint density at radius 2 is 2.24 bits per heavy atom. The number of aromatic amines is 1. The zero-order valence-corrected chi connectivity index (χ0v) is 15.4. The Morgan fingerprint density at radius 1 is 1.40 bits per heavy atom. The van der Waals surface area contributed by atoms with E-state index >= 15 is 0 Å². The fourth-order valence-electron chi connectivity index (χ4n) is 2.27. The molecule has 8 heteroatoms. The van der Waals surface area contributed by atoms with Gasteiger partial charge in [-0.25, -0.2) is 0 Å². The molecule has 0 amide bonds. The summed E-state index contributed by atoms with van der Waals surface area (Å²) in [5, 5.41) is 11.7. The van der Waals surface area contributed by atoms with E-state index in [0.717, 1.165) is 17.8 Å². The van der Waals surface area contributed by atoms with Crippen molar-refractivity contribution in [3.8, 4) is 5.75 Å². The van der Waals surface area contributed by atoms with Gasteiger partial charge >= 0.3 is 0 Å². The van der Waals surface area contributed by atoms with Crippen molar-refractivity contribution in [1.29, 1.82) is 0 Å². The molecule has 0 unspecified atom stereocenters. The molecule has 0 aliphatic rings. The molecular formula is C17H17ClN4O2S. The Labute approximate surface area is 155 Å². The predicted octanol–water partition coefficient (Wildman–Crippen LogP) is 4.52. The normalized spacial score (nSPS) is 11.3. The minimum absolute atomic E-state index is 0.282. The van der Waals surface area contributed by atoms with E-state index in [0.29, 0.717) is 27.1 Å². The lowest BCUT2D eigenvalue weighted by molar-refractivity contribution is 0.268. The first kappa shape index (κ1) is 17.4. The van der Waals surface area contributed by atoms with Crippen molar-refractivity contribution in [2.24, 2.45) is 5.10 Å². The molecule has 3 aromatic rings. The number of hydrogen-bond acceptors (Lipinski definition) is 5. The van der Waals surface area contributed by atoms with E-state index < -0.39 is 0 Å². The van der Waals surface area contributed by atoms with Crippen molar-refractivity contribution in [2.75, 3.05) is 0 Å². The van der Waals surface area contributed by atoms with Crippen molar-refractivity contribution in [3.63, 3.8) is 0 Å². The van der Waals surface area contributed by atoms with Crippen LogP contribution in [-0.2, 0) is 13.0 Å². The number of para-hydroxylation sites is 1. The topological polar surface area (TPSA) is 68.3 Å². The van der Waals surface area contributed by atoms with Crippen LogP contribution in [0.25, 0.3) is 0 Å².